The number of hydrogen-bond donors (Lipinski definition) is 2. The third-order valence-corrected chi connectivity index (χ3v) is 4.19. The first kappa shape index (κ1) is 25.1. The van der Waals surface area contributed by atoms with Crippen molar-refractivity contribution >= 4 is 11.9 Å². The second-order valence-corrected chi connectivity index (χ2v) is 7.45. The highest BCUT2D eigenvalue weighted by Crippen LogP contribution is 2.28. The van der Waals surface area contributed by atoms with E-state index in [4.69, 9.17) is 4.74 Å². The van der Waals surface area contributed by atoms with E-state index < -0.39 is 35.4 Å². The lowest BCUT2D eigenvalue weighted by atomic mass is 10.1. The molecular formula is C20H24F4N4O4. The number of alkyl halides is 3. The highest BCUT2D eigenvalue weighted by atomic mass is 19.4. The molecule has 2 rings (SSSR count). The van der Waals surface area contributed by atoms with Gasteiger partial charge in [0, 0.05) is 26.8 Å². The average Bonchev–Trinajstić information content (AvgIpc) is 2.67. The molecule has 0 aliphatic rings. The molecule has 32 heavy (non-hydrogen) atoms. The molecule has 1 atom stereocenters. The number of benzene rings is 1. The zero-order chi connectivity index (χ0) is 24.1. The lowest BCUT2D eigenvalue weighted by Gasteiger charge is -2.21. The first-order chi connectivity index (χ1) is 14.9. The normalized spacial score (nSPS) is 12.5. The van der Waals surface area contributed by atoms with E-state index in [-0.39, 0.29) is 29.7 Å². The third-order valence-electron chi connectivity index (χ3n) is 4.19. The Hall–Kier alpha value is -3.15. The van der Waals surface area contributed by atoms with Crippen LogP contribution in [0.4, 0.5) is 23.5 Å². The minimum absolute atomic E-state index is 0.117. The molecule has 1 aromatic heterocycles. The van der Waals surface area contributed by atoms with Gasteiger partial charge in [-0.15, -0.1) is 13.2 Å². The molecule has 0 bridgehead atoms. The van der Waals surface area contributed by atoms with Crippen LogP contribution < -0.4 is 20.5 Å². The largest absolute Gasteiger partial charge is 0.573 e. The van der Waals surface area contributed by atoms with Crippen molar-refractivity contribution in [3.05, 3.63) is 51.7 Å². The van der Waals surface area contributed by atoms with Gasteiger partial charge in [0.2, 0.25) is 5.95 Å². The van der Waals surface area contributed by atoms with Crippen LogP contribution in [0, 0.1) is 11.7 Å². The van der Waals surface area contributed by atoms with Crippen LogP contribution in [0.25, 0.3) is 0 Å². The van der Waals surface area contributed by atoms with Crippen molar-refractivity contribution in [2.75, 3.05) is 32.2 Å². The number of halogens is 4. The molecule has 0 spiro atoms. The molecule has 2 N–H and O–H groups in total. The van der Waals surface area contributed by atoms with Gasteiger partial charge >= 0.3 is 6.36 Å². The summed E-state index contributed by atoms with van der Waals surface area (Å²) < 4.78 is 59.8. The van der Waals surface area contributed by atoms with E-state index in [0.717, 1.165) is 18.2 Å². The first-order valence-corrected chi connectivity index (χ1v) is 9.57. The van der Waals surface area contributed by atoms with Gasteiger partial charge in [0.05, 0.1) is 12.6 Å². The summed E-state index contributed by atoms with van der Waals surface area (Å²) in [6, 6.07) is 2.85. The fourth-order valence-corrected chi connectivity index (χ4v) is 2.94. The Labute approximate surface area is 181 Å². The molecule has 12 heteroatoms. The summed E-state index contributed by atoms with van der Waals surface area (Å²) in [5.74, 6) is -2.54. The maximum Gasteiger partial charge on any atom is 0.573 e. The Morgan fingerprint density at radius 2 is 1.97 bits per heavy atom. The van der Waals surface area contributed by atoms with E-state index in [1.54, 1.807) is 11.9 Å². The monoisotopic (exact) mass is 460 g/mol. The van der Waals surface area contributed by atoms with Gasteiger partial charge < -0.3 is 19.7 Å². The van der Waals surface area contributed by atoms with Crippen LogP contribution in [0.15, 0.2) is 29.1 Å². The summed E-state index contributed by atoms with van der Waals surface area (Å²) in [4.78, 5) is 33.1. The number of carbonyl (C=O) groups excluding carboxylic acids is 1. The average molecular weight is 460 g/mol. The molecule has 0 fully saturated rings. The van der Waals surface area contributed by atoms with Crippen molar-refractivity contribution in [2.45, 2.75) is 26.3 Å². The number of aromatic amines is 1. The Kier molecular flexibility index (Phi) is 8.19. The van der Waals surface area contributed by atoms with Crippen molar-refractivity contribution in [3.63, 3.8) is 0 Å². The van der Waals surface area contributed by atoms with Crippen LogP contribution in [-0.4, -0.2) is 49.5 Å². The van der Waals surface area contributed by atoms with Crippen LogP contribution >= 0.6 is 0 Å². The van der Waals surface area contributed by atoms with Crippen molar-refractivity contribution in [1.82, 2.24) is 15.3 Å². The number of aromatic nitrogens is 2. The fourth-order valence-electron chi connectivity index (χ4n) is 2.94. The van der Waals surface area contributed by atoms with Crippen LogP contribution in [0.2, 0.25) is 0 Å². The topological polar surface area (TPSA) is 96.5 Å². The molecular weight excluding hydrogens is 436 g/mol. The number of carbonyl (C=O) groups is 1. The second-order valence-electron chi connectivity index (χ2n) is 7.45. The van der Waals surface area contributed by atoms with E-state index in [2.05, 4.69) is 20.0 Å². The molecule has 0 unspecified atom stereocenters. The molecule has 1 amide bonds. The predicted molar refractivity (Wildman–Crippen MR) is 108 cm³/mol. The molecule has 0 saturated heterocycles. The standard InChI is InChI=1S/C20H24F4N4O4/c1-11(2)9-28(3)19-26-14(8-17(29)27-19)18(30)25-15(10-31-4)12-5-6-16(13(21)7-12)32-20(22,23)24/h5-8,11,15H,9-10H2,1-4H3,(H,25,30)(H,26,27,29)/t15-/m1/s1. The number of nitrogens with zero attached hydrogens (tertiary/aromatic N) is 2. The van der Waals surface area contributed by atoms with E-state index in [9.17, 15) is 27.2 Å². The summed E-state index contributed by atoms with van der Waals surface area (Å²) in [7, 11) is 3.04. The number of methoxy groups -OCH3 is 1. The Morgan fingerprint density at radius 1 is 1.28 bits per heavy atom. The first-order valence-electron chi connectivity index (χ1n) is 9.57. The van der Waals surface area contributed by atoms with Crippen LogP contribution in [-0.2, 0) is 4.74 Å². The minimum Gasteiger partial charge on any atom is -0.403 e. The van der Waals surface area contributed by atoms with Gasteiger partial charge in [-0.3, -0.25) is 14.6 Å². The van der Waals surface area contributed by atoms with Crippen molar-refractivity contribution in [3.8, 4) is 5.75 Å². The quantitative estimate of drug-likeness (QED) is 0.559. The number of H-pyrrole nitrogens is 1. The van der Waals surface area contributed by atoms with E-state index in [1.165, 1.54) is 13.2 Å². The Balaban J connectivity index is 2.26. The van der Waals surface area contributed by atoms with Gasteiger partial charge in [0.1, 0.15) is 5.69 Å². The number of rotatable bonds is 9. The van der Waals surface area contributed by atoms with Crippen LogP contribution in [0.3, 0.4) is 0 Å². The lowest BCUT2D eigenvalue weighted by Crippen LogP contribution is -2.34. The smallest absolute Gasteiger partial charge is 0.403 e. The van der Waals surface area contributed by atoms with Gasteiger partial charge in [-0.2, -0.15) is 0 Å². The number of anilines is 1. The van der Waals surface area contributed by atoms with Gasteiger partial charge in [0.25, 0.3) is 11.5 Å². The van der Waals surface area contributed by atoms with Crippen LogP contribution in [0.1, 0.15) is 35.9 Å². The number of nitrogens with one attached hydrogen (secondary N) is 2. The van der Waals surface area contributed by atoms with E-state index >= 15 is 0 Å². The molecule has 0 radical (unpaired) electrons. The third kappa shape index (κ3) is 7.22. The summed E-state index contributed by atoms with van der Waals surface area (Å²) in [6.45, 7) is 4.41. The van der Waals surface area contributed by atoms with Crippen molar-refractivity contribution in [2.24, 2.45) is 5.92 Å². The Bertz CT molecular complexity index is 994. The molecule has 1 aromatic carbocycles. The zero-order valence-electron chi connectivity index (χ0n) is 17.9. The number of ether oxygens (including phenoxy) is 2. The fraction of sp³-hybridized carbons (Fsp3) is 0.450. The number of amides is 1. The highest BCUT2D eigenvalue weighted by molar-refractivity contribution is 5.92. The van der Waals surface area contributed by atoms with Crippen molar-refractivity contribution in [1.29, 1.82) is 0 Å². The molecule has 0 saturated carbocycles. The van der Waals surface area contributed by atoms with E-state index in [1.807, 2.05) is 13.8 Å². The molecule has 2 aromatic rings. The number of hydrogen-bond acceptors (Lipinski definition) is 6. The Morgan fingerprint density at radius 3 is 2.53 bits per heavy atom. The molecule has 0 aliphatic heterocycles. The molecule has 1 heterocycles. The molecule has 176 valence electrons. The zero-order valence-corrected chi connectivity index (χ0v) is 17.9. The van der Waals surface area contributed by atoms with Gasteiger partial charge in [-0.05, 0) is 23.6 Å². The SMILES string of the molecule is COC[C@@H](NC(=O)c1cc(=O)[nH]c(N(C)CC(C)C)n1)c1ccc(OC(F)(F)F)c(F)c1. The van der Waals surface area contributed by atoms with Crippen molar-refractivity contribution < 1.29 is 31.8 Å². The molecule has 8 nitrogen and oxygen atoms in total. The van der Waals surface area contributed by atoms with Gasteiger partial charge in [0.15, 0.2) is 11.6 Å². The summed E-state index contributed by atoms with van der Waals surface area (Å²) in [5, 5.41) is 2.55. The lowest BCUT2D eigenvalue weighted by molar-refractivity contribution is -0.275. The predicted octanol–water partition coefficient (Wildman–Crippen LogP) is 3.02. The molecule has 0 aliphatic carbocycles. The summed E-state index contributed by atoms with van der Waals surface area (Å²) in [6.07, 6.45) is -5.05. The van der Waals surface area contributed by atoms with Gasteiger partial charge in [-0.25, -0.2) is 9.37 Å². The van der Waals surface area contributed by atoms with Gasteiger partial charge in [-0.1, -0.05) is 19.9 Å². The second kappa shape index (κ2) is 10.4. The van der Waals surface area contributed by atoms with Crippen LogP contribution in [0.5, 0.6) is 5.75 Å². The summed E-state index contributed by atoms with van der Waals surface area (Å²) >= 11 is 0. The minimum atomic E-state index is -5.05. The highest BCUT2D eigenvalue weighted by Gasteiger charge is 2.32. The summed E-state index contributed by atoms with van der Waals surface area (Å²) in [5.41, 5.74) is -0.592. The maximum atomic E-state index is 14.1. The maximum absolute atomic E-state index is 14.1. The van der Waals surface area contributed by atoms with E-state index in [0.29, 0.717) is 6.54 Å².